The smallest absolute Gasteiger partial charge is 0.305 e. The molecule has 14 heteroatoms. The van der Waals surface area contributed by atoms with Crippen molar-refractivity contribution in [3.63, 3.8) is 0 Å². The molecule has 172 valence electrons. The van der Waals surface area contributed by atoms with Crippen molar-refractivity contribution in [2.45, 2.75) is 49.9 Å². The monoisotopic (exact) mass is 440 g/mol. The van der Waals surface area contributed by atoms with Crippen LogP contribution in [0.5, 0.6) is 0 Å². The molecule has 0 aromatic heterocycles. The number of nitrogens with zero attached hydrogens (tertiary/aromatic N) is 1. The first-order valence-electron chi connectivity index (χ1n) is 9.84. The minimum atomic E-state index is -1.31. The van der Waals surface area contributed by atoms with E-state index < -0.39 is 66.7 Å². The summed E-state index contributed by atoms with van der Waals surface area (Å²) in [6.45, 7) is 0.0433. The lowest BCUT2D eigenvalue weighted by atomic mass is 10.1. The summed E-state index contributed by atoms with van der Waals surface area (Å²) in [6, 6.07) is -3.32. The molecule has 0 spiro atoms. The van der Waals surface area contributed by atoms with E-state index in [0.717, 1.165) is 0 Å². The molecule has 4 atom stereocenters. The van der Waals surface area contributed by atoms with Gasteiger partial charge in [0.25, 0.3) is 0 Å². The van der Waals surface area contributed by atoms with Gasteiger partial charge in [0.05, 0.1) is 19.0 Å². The molecule has 0 unspecified atom stereocenters. The van der Waals surface area contributed by atoms with Gasteiger partial charge >= 0.3 is 5.97 Å². The molecule has 0 aromatic rings. The van der Waals surface area contributed by atoms with E-state index in [0.29, 0.717) is 6.42 Å². The maximum atomic E-state index is 12.6. The van der Waals surface area contributed by atoms with Crippen LogP contribution < -0.4 is 38.1 Å². The molecule has 0 aromatic carbocycles. The second-order valence-corrected chi connectivity index (χ2v) is 7.35. The number of aliphatic carboxylic acids is 1. The summed E-state index contributed by atoms with van der Waals surface area (Å²) in [6.07, 6.45) is 0.251. The summed E-state index contributed by atoms with van der Waals surface area (Å²) in [4.78, 5) is 64.6. The molecule has 0 radical (unpaired) electrons. The molecule has 2 aliphatic rings. The standard InChI is InChI=1S/C17H28N8O6/c18-17(19)20-3-1-2-9-14(29)22-7-12(26)24-11(5-13(27)28)16(31)23-8-4-10(21-6-8)15(30)25-9/h8-11,21H,1-7H2,(H,22,29)(H,23,31)(H,24,26)(H,25,30)(H,27,28)(H4,18,19,20)/t8-,9+,10-,11+/m1/s1. The number of nitrogens with one attached hydrogen (secondary N) is 5. The molecular formula is C17H28N8O6. The van der Waals surface area contributed by atoms with E-state index in [1.165, 1.54) is 0 Å². The molecule has 14 nitrogen and oxygen atoms in total. The van der Waals surface area contributed by atoms with Gasteiger partial charge in [0, 0.05) is 19.1 Å². The average Bonchev–Trinajstić information content (AvgIpc) is 3.15. The zero-order valence-corrected chi connectivity index (χ0v) is 16.8. The Hall–Kier alpha value is -3.42. The van der Waals surface area contributed by atoms with Crippen LogP contribution in [-0.2, 0) is 24.0 Å². The fraction of sp³-hybridized carbons (Fsp3) is 0.647. The van der Waals surface area contributed by atoms with E-state index in [-0.39, 0.29) is 31.9 Å². The molecule has 2 saturated heterocycles. The van der Waals surface area contributed by atoms with Crippen molar-refractivity contribution in [3.05, 3.63) is 0 Å². The molecule has 0 aliphatic carbocycles. The molecular weight excluding hydrogens is 412 g/mol. The molecule has 0 saturated carbocycles. The third-order valence-electron chi connectivity index (χ3n) is 4.83. The maximum Gasteiger partial charge on any atom is 0.305 e. The minimum Gasteiger partial charge on any atom is -0.481 e. The number of hydrogen-bond donors (Lipinski definition) is 8. The van der Waals surface area contributed by atoms with Crippen LogP contribution in [0.3, 0.4) is 0 Å². The molecule has 2 rings (SSSR count). The molecule has 2 fully saturated rings. The summed E-state index contributed by atoms with van der Waals surface area (Å²) in [5, 5.41) is 22.0. The number of rotatable bonds is 6. The lowest BCUT2D eigenvalue weighted by Gasteiger charge is -2.23. The lowest BCUT2D eigenvalue weighted by molar-refractivity contribution is -0.141. The summed E-state index contributed by atoms with van der Waals surface area (Å²) in [7, 11) is 0. The van der Waals surface area contributed by atoms with Gasteiger partial charge in [0.15, 0.2) is 5.96 Å². The SMILES string of the molecule is NC(N)=NCCC[C@@H]1NC(=O)[C@H]2C[C@H](CN2)NC(=O)[C@H](CC(=O)O)NC(=O)CNC1=O. The predicted octanol–water partition coefficient (Wildman–Crippen LogP) is -4.54. The van der Waals surface area contributed by atoms with Crippen molar-refractivity contribution in [1.82, 2.24) is 26.6 Å². The highest BCUT2D eigenvalue weighted by atomic mass is 16.4. The van der Waals surface area contributed by atoms with Crippen LogP contribution in [0.2, 0.25) is 0 Å². The lowest BCUT2D eigenvalue weighted by Crippen LogP contribution is -2.55. The van der Waals surface area contributed by atoms with Crippen LogP contribution >= 0.6 is 0 Å². The number of guanidine groups is 1. The van der Waals surface area contributed by atoms with Gasteiger partial charge < -0.3 is 43.2 Å². The van der Waals surface area contributed by atoms with Crippen LogP contribution in [0.1, 0.15) is 25.7 Å². The number of carbonyl (C=O) groups is 5. The molecule has 2 aliphatic heterocycles. The van der Waals surface area contributed by atoms with E-state index in [9.17, 15) is 24.0 Å². The van der Waals surface area contributed by atoms with Gasteiger partial charge in [-0.1, -0.05) is 0 Å². The number of nitrogens with two attached hydrogens (primary N) is 2. The van der Waals surface area contributed by atoms with Crippen molar-refractivity contribution < 1.29 is 29.1 Å². The van der Waals surface area contributed by atoms with Gasteiger partial charge in [0.2, 0.25) is 23.6 Å². The largest absolute Gasteiger partial charge is 0.481 e. The molecule has 31 heavy (non-hydrogen) atoms. The zero-order chi connectivity index (χ0) is 23.0. The van der Waals surface area contributed by atoms with Gasteiger partial charge in [-0.05, 0) is 19.3 Å². The maximum absolute atomic E-state index is 12.6. The highest BCUT2D eigenvalue weighted by Gasteiger charge is 2.34. The quantitative estimate of drug-likeness (QED) is 0.113. The topological polar surface area (TPSA) is 230 Å². The Balaban J connectivity index is 2.13. The Morgan fingerprint density at radius 1 is 1.03 bits per heavy atom. The highest BCUT2D eigenvalue weighted by molar-refractivity contribution is 5.94. The van der Waals surface area contributed by atoms with Crippen molar-refractivity contribution in [3.8, 4) is 0 Å². The second-order valence-electron chi connectivity index (χ2n) is 7.35. The van der Waals surface area contributed by atoms with Gasteiger partial charge in [-0.15, -0.1) is 0 Å². The number of fused-ring (bicyclic) bond motifs is 2. The van der Waals surface area contributed by atoms with E-state index in [4.69, 9.17) is 16.6 Å². The first kappa shape index (κ1) is 23.9. The summed E-state index contributed by atoms with van der Waals surface area (Å²) < 4.78 is 0. The van der Waals surface area contributed by atoms with Gasteiger partial charge in [-0.25, -0.2) is 0 Å². The summed E-state index contributed by atoms with van der Waals surface area (Å²) >= 11 is 0. The fourth-order valence-electron chi connectivity index (χ4n) is 3.31. The normalized spacial score (nSPS) is 27.2. The Bertz CT molecular complexity index is 753. The number of amides is 4. The van der Waals surface area contributed by atoms with Gasteiger partial charge in [0.1, 0.15) is 12.1 Å². The van der Waals surface area contributed by atoms with E-state index in [2.05, 4.69) is 31.6 Å². The minimum absolute atomic E-state index is 0.0877. The molecule has 2 heterocycles. The second kappa shape index (κ2) is 11.1. The fourth-order valence-corrected chi connectivity index (χ4v) is 3.31. The number of carboxylic acid groups (broad SMARTS) is 1. The van der Waals surface area contributed by atoms with Gasteiger partial charge in [-0.2, -0.15) is 0 Å². The first-order chi connectivity index (χ1) is 14.7. The Morgan fingerprint density at radius 3 is 2.45 bits per heavy atom. The highest BCUT2D eigenvalue weighted by Crippen LogP contribution is 2.10. The van der Waals surface area contributed by atoms with Crippen molar-refractivity contribution >= 4 is 35.6 Å². The van der Waals surface area contributed by atoms with Crippen LogP contribution in [-0.4, -0.2) is 84.5 Å². The number of carboxylic acids is 1. The number of carbonyl (C=O) groups excluding carboxylic acids is 4. The third-order valence-corrected chi connectivity index (χ3v) is 4.83. The Kier molecular flexibility index (Phi) is 8.54. The molecule has 2 bridgehead atoms. The Labute approximate surface area is 177 Å². The first-order valence-corrected chi connectivity index (χ1v) is 9.84. The summed E-state index contributed by atoms with van der Waals surface area (Å²) in [5.41, 5.74) is 10.5. The van der Waals surface area contributed by atoms with Crippen molar-refractivity contribution in [1.29, 1.82) is 0 Å². The Morgan fingerprint density at radius 2 is 1.77 bits per heavy atom. The predicted molar refractivity (Wildman–Crippen MR) is 107 cm³/mol. The zero-order valence-electron chi connectivity index (χ0n) is 16.8. The molecule has 10 N–H and O–H groups in total. The van der Waals surface area contributed by atoms with E-state index >= 15 is 0 Å². The van der Waals surface area contributed by atoms with Crippen molar-refractivity contribution in [2.24, 2.45) is 16.5 Å². The van der Waals surface area contributed by atoms with Crippen LogP contribution in [0.4, 0.5) is 0 Å². The molecule has 4 amide bonds. The van der Waals surface area contributed by atoms with E-state index in [1.54, 1.807) is 0 Å². The van der Waals surface area contributed by atoms with Crippen LogP contribution in [0.15, 0.2) is 4.99 Å². The summed E-state index contributed by atoms with van der Waals surface area (Å²) in [5.74, 6) is -3.80. The van der Waals surface area contributed by atoms with E-state index in [1.807, 2.05) is 0 Å². The van der Waals surface area contributed by atoms with Crippen molar-refractivity contribution in [2.75, 3.05) is 19.6 Å². The third kappa shape index (κ3) is 7.73. The number of hydrogen-bond acceptors (Lipinski definition) is 7. The van der Waals surface area contributed by atoms with Crippen LogP contribution in [0.25, 0.3) is 0 Å². The average molecular weight is 440 g/mol. The van der Waals surface area contributed by atoms with Gasteiger partial charge in [-0.3, -0.25) is 29.0 Å². The number of aliphatic imine (C=N–C) groups is 1. The van der Waals surface area contributed by atoms with Crippen LogP contribution in [0, 0.1) is 0 Å².